The predicted octanol–water partition coefficient (Wildman–Crippen LogP) is 1.42. The molecule has 66 valence electrons. The van der Waals surface area contributed by atoms with Gasteiger partial charge in [0.1, 0.15) is 10.1 Å². The number of fused-ring (bicyclic) bond motifs is 1. The van der Waals surface area contributed by atoms with Gasteiger partial charge in [0, 0.05) is 0 Å². The second kappa shape index (κ2) is 2.81. The monoisotopic (exact) mass is 241 g/mol. The molecular formula is C7H4BrN3O2. The Morgan fingerprint density at radius 2 is 2.38 bits per heavy atom. The number of aromatic carboxylic acids is 1. The Kier molecular flexibility index (Phi) is 1.77. The van der Waals surface area contributed by atoms with Crippen LogP contribution in [0.25, 0.3) is 11.0 Å². The third-order valence-corrected chi connectivity index (χ3v) is 2.02. The Bertz CT molecular complexity index is 480. The maximum Gasteiger partial charge on any atom is 0.338 e. The lowest BCUT2D eigenvalue weighted by Crippen LogP contribution is -1.98. The van der Waals surface area contributed by atoms with Crippen LogP contribution in [0, 0.1) is 0 Å². The van der Waals surface area contributed by atoms with Gasteiger partial charge in [-0.25, -0.2) is 9.78 Å². The number of carboxylic acid groups (broad SMARTS) is 1. The first kappa shape index (κ1) is 8.18. The number of H-pyrrole nitrogens is 1. The number of hydrogen-bond donors (Lipinski definition) is 2. The molecule has 5 nitrogen and oxygen atoms in total. The molecule has 0 unspecified atom stereocenters. The average Bonchev–Trinajstić information content (AvgIpc) is 2.49. The molecule has 2 rings (SSSR count). The largest absolute Gasteiger partial charge is 0.478 e. The summed E-state index contributed by atoms with van der Waals surface area (Å²) in [4.78, 5) is 14.8. The molecule has 13 heavy (non-hydrogen) atoms. The summed E-state index contributed by atoms with van der Waals surface area (Å²) in [6.45, 7) is 0. The minimum absolute atomic E-state index is 0.161. The number of nitrogens with zero attached hydrogens (tertiary/aromatic N) is 2. The Hall–Kier alpha value is -1.43. The smallest absolute Gasteiger partial charge is 0.338 e. The number of aromatic nitrogens is 3. The Balaban J connectivity index is 2.84. The second-order valence-electron chi connectivity index (χ2n) is 2.43. The molecule has 0 aliphatic rings. The van der Waals surface area contributed by atoms with Gasteiger partial charge in [-0.05, 0) is 22.0 Å². The fourth-order valence-electron chi connectivity index (χ4n) is 1.07. The summed E-state index contributed by atoms with van der Waals surface area (Å²) in [6.07, 6.45) is 1.48. The van der Waals surface area contributed by atoms with Crippen molar-refractivity contribution in [2.45, 2.75) is 0 Å². The maximum atomic E-state index is 10.8. The molecule has 0 atom stereocenters. The van der Waals surface area contributed by atoms with Crippen LogP contribution in [0.2, 0.25) is 0 Å². The Morgan fingerprint density at radius 3 is 3.08 bits per heavy atom. The Labute approximate surface area is 80.9 Å². The maximum absolute atomic E-state index is 10.8. The third kappa shape index (κ3) is 1.29. The highest BCUT2D eigenvalue weighted by Crippen LogP contribution is 2.18. The predicted molar refractivity (Wildman–Crippen MR) is 48.5 cm³/mol. The van der Waals surface area contributed by atoms with E-state index >= 15 is 0 Å². The summed E-state index contributed by atoms with van der Waals surface area (Å²) in [5, 5.41) is 15.1. The first-order chi connectivity index (χ1) is 6.18. The minimum atomic E-state index is -1.00. The fraction of sp³-hybridized carbons (Fsp3) is 0. The number of halogens is 1. The highest BCUT2D eigenvalue weighted by Gasteiger charge is 2.11. The number of rotatable bonds is 1. The highest BCUT2D eigenvalue weighted by molar-refractivity contribution is 9.10. The summed E-state index contributed by atoms with van der Waals surface area (Å²) in [7, 11) is 0. The summed E-state index contributed by atoms with van der Waals surface area (Å²) in [5.74, 6) is -1.00. The molecule has 0 spiro atoms. The van der Waals surface area contributed by atoms with Crippen LogP contribution in [-0.2, 0) is 0 Å². The molecule has 0 saturated carbocycles. The fourth-order valence-corrected chi connectivity index (χ4v) is 1.49. The molecule has 2 heterocycles. The number of nitrogens with one attached hydrogen (secondary N) is 1. The van der Waals surface area contributed by atoms with E-state index in [9.17, 15) is 4.79 Å². The zero-order valence-electron chi connectivity index (χ0n) is 6.28. The van der Waals surface area contributed by atoms with Crippen LogP contribution in [0.1, 0.15) is 10.4 Å². The van der Waals surface area contributed by atoms with E-state index in [0.717, 1.165) is 0 Å². The molecule has 0 bridgehead atoms. The van der Waals surface area contributed by atoms with Crippen LogP contribution in [0.4, 0.5) is 0 Å². The highest BCUT2D eigenvalue weighted by atomic mass is 79.9. The van der Waals surface area contributed by atoms with Gasteiger partial charge in [-0.2, -0.15) is 5.10 Å². The first-order valence-corrected chi connectivity index (χ1v) is 4.20. The van der Waals surface area contributed by atoms with Crippen molar-refractivity contribution < 1.29 is 9.90 Å². The van der Waals surface area contributed by atoms with Gasteiger partial charge in [-0.1, -0.05) is 0 Å². The Morgan fingerprint density at radius 1 is 1.62 bits per heavy atom. The number of carbonyl (C=O) groups is 1. The normalized spacial score (nSPS) is 10.5. The first-order valence-electron chi connectivity index (χ1n) is 3.41. The molecular weight excluding hydrogens is 238 g/mol. The van der Waals surface area contributed by atoms with Crippen molar-refractivity contribution >= 4 is 32.9 Å². The number of aromatic amines is 1. The molecule has 0 saturated heterocycles. The van der Waals surface area contributed by atoms with E-state index < -0.39 is 5.97 Å². The van der Waals surface area contributed by atoms with Crippen LogP contribution in [-0.4, -0.2) is 26.3 Å². The van der Waals surface area contributed by atoms with E-state index in [4.69, 9.17) is 5.11 Å². The van der Waals surface area contributed by atoms with Gasteiger partial charge in [-0.3, -0.25) is 5.10 Å². The minimum Gasteiger partial charge on any atom is -0.478 e. The summed E-state index contributed by atoms with van der Waals surface area (Å²) in [6, 6.07) is 1.43. The SMILES string of the molecule is O=C(O)c1cc(Br)nc2cn[nH]c12. The summed E-state index contributed by atoms with van der Waals surface area (Å²) >= 11 is 3.12. The standard InChI is InChI=1S/C7H4BrN3O2/c8-5-1-3(7(12)13)6-4(10-5)2-9-11-6/h1-2H,(H,9,11)(H,12,13). The second-order valence-corrected chi connectivity index (χ2v) is 3.24. The van der Waals surface area contributed by atoms with Gasteiger partial charge >= 0.3 is 5.97 Å². The molecule has 2 N–H and O–H groups in total. The van der Waals surface area contributed by atoms with Gasteiger partial charge in [0.15, 0.2) is 0 Å². The number of pyridine rings is 1. The van der Waals surface area contributed by atoms with E-state index in [1.807, 2.05) is 0 Å². The van der Waals surface area contributed by atoms with Crippen LogP contribution >= 0.6 is 15.9 Å². The van der Waals surface area contributed by atoms with Crippen molar-refractivity contribution in [1.82, 2.24) is 15.2 Å². The van der Waals surface area contributed by atoms with E-state index in [2.05, 4.69) is 31.1 Å². The zero-order valence-corrected chi connectivity index (χ0v) is 7.87. The van der Waals surface area contributed by atoms with Gasteiger partial charge in [0.2, 0.25) is 0 Å². The lowest BCUT2D eigenvalue weighted by molar-refractivity contribution is 0.0698. The van der Waals surface area contributed by atoms with E-state index in [-0.39, 0.29) is 5.56 Å². The van der Waals surface area contributed by atoms with E-state index in [0.29, 0.717) is 15.6 Å². The van der Waals surface area contributed by atoms with Gasteiger partial charge in [0.05, 0.1) is 17.3 Å². The summed E-state index contributed by atoms with van der Waals surface area (Å²) < 4.78 is 0.485. The molecule has 0 amide bonds. The average molecular weight is 242 g/mol. The van der Waals surface area contributed by atoms with E-state index in [1.54, 1.807) is 0 Å². The van der Waals surface area contributed by atoms with Crippen LogP contribution in [0.3, 0.4) is 0 Å². The van der Waals surface area contributed by atoms with Crippen molar-refractivity contribution in [3.05, 3.63) is 22.4 Å². The van der Waals surface area contributed by atoms with Crippen LogP contribution in [0.5, 0.6) is 0 Å². The molecule has 2 aromatic heterocycles. The lowest BCUT2D eigenvalue weighted by Gasteiger charge is -1.96. The van der Waals surface area contributed by atoms with E-state index in [1.165, 1.54) is 12.3 Å². The van der Waals surface area contributed by atoms with Gasteiger partial charge < -0.3 is 5.11 Å². The number of hydrogen-bond acceptors (Lipinski definition) is 3. The third-order valence-electron chi connectivity index (χ3n) is 1.61. The van der Waals surface area contributed by atoms with Crippen molar-refractivity contribution in [2.24, 2.45) is 0 Å². The lowest BCUT2D eigenvalue weighted by atomic mass is 10.2. The molecule has 0 aromatic carbocycles. The van der Waals surface area contributed by atoms with Gasteiger partial charge in [0.25, 0.3) is 0 Å². The topological polar surface area (TPSA) is 78.9 Å². The molecule has 6 heteroatoms. The zero-order chi connectivity index (χ0) is 9.42. The van der Waals surface area contributed by atoms with Crippen LogP contribution < -0.4 is 0 Å². The summed E-state index contributed by atoms with van der Waals surface area (Å²) in [5.41, 5.74) is 1.14. The molecule has 0 aliphatic carbocycles. The van der Waals surface area contributed by atoms with Crippen LogP contribution in [0.15, 0.2) is 16.9 Å². The van der Waals surface area contributed by atoms with Crippen molar-refractivity contribution in [3.63, 3.8) is 0 Å². The molecule has 2 aromatic rings. The molecule has 0 radical (unpaired) electrons. The quantitative estimate of drug-likeness (QED) is 0.741. The van der Waals surface area contributed by atoms with Crippen molar-refractivity contribution in [3.8, 4) is 0 Å². The molecule has 0 aliphatic heterocycles. The van der Waals surface area contributed by atoms with Crippen molar-refractivity contribution in [1.29, 1.82) is 0 Å². The van der Waals surface area contributed by atoms with Gasteiger partial charge in [-0.15, -0.1) is 0 Å². The number of carboxylic acids is 1. The molecule has 0 fully saturated rings. The van der Waals surface area contributed by atoms with Crippen molar-refractivity contribution in [2.75, 3.05) is 0 Å².